The van der Waals surface area contributed by atoms with Gasteiger partial charge in [-0.3, -0.25) is 4.40 Å². The number of aryl methyl sites for hydroxylation is 2. The third-order valence-corrected chi connectivity index (χ3v) is 6.20. The van der Waals surface area contributed by atoms with Crippen molar-refractivity contribution in [2.75, 3.05) is 17.2 Å². The van der Waals surface area contributed by atoms with E-state index in [2.05, 4.69) is 64.5 Å². The van der Waals surface area contributed by atoms with Gasteiger partial charge in [-0.15, -0.1) is 10.2 Å². The fourth-order valence-electron chi connectivity index (χ4n) is 4.51. The van der Waals surface area contributed by atoms with Crippen molar-refractivity contribution in [2.45, 2.75) is 19.8 Å². The van der Waals surface area contributed by atoms with E-state index < -0.39 is 5.82 Å². The molecule has 0 saturated carbocycles. The molecular formula is C25H21FN6. The van der Waals surface area contributed by atoms with Crippen molar-refractivity contribution in [1.29, 1.82) is 0 Å². The van der Waals surface area contributed by atoms with E-state index >= 15 is 0 Å². The van der Waals surface area contributed by atoms with Crippen LogP contribution in [0.2, 0.25) is 0 Å². The number of nitrogens with zero attached hydrogens (tertiary/aromatic N) is 5. The summed E-state index contributed by atoms with van der Waals surface area (Å²) in [6, 6.07) is 18.2. The molecule has 0 bridgehead atoms. The standard InChI is InChI=1S/C25H21FN6/c1-15-4-6-16(7-5-15)18-9-8-17-3-2-10-31(22(17)11-18)24-19-12-20(26)21(27)13-23(19)32-14-28-30-25(32)29-24/h4-9,11-14H,2-3,10,27H2,1H3. The number of benzene rings is 3. The van der Waals surface area contributed by atoms with Gasteiger partial charge in [-0.05, 0) is 54.7 Å². The van der Waals surface area contributed by atoms with Crippen LogP contribution in [0.15, 0.2) is 60.9 Å². The van der Waals surface area contributed by atoms with Crippen LogP contribution in [-0.2, 0) is 6.42 Å². The van der Waals surface area contributed by atoms with E-state index in [0.29, 0.717) is 17.0 Å². The second kappa shape index (κ2) is 7.02. The lowest BCUT2D eigenvalue weighted by molar-refractivity contribution is 0.634. The van der Waals surface area contributed by atoms with Gasteiger partial charge in [-0.25, -0.2) is 4.39 Å². The molecule has 0 unspecified atom stereocenters. The minimum Gasteiger partial charge on any atom is -0.396 e. The molecule has 6 nitrogen and oxygen atoms in total. The van der Waals surface area contributed by atoms with Gasteiger partial charge in [-0.1, -0.05) is 42.0 Å². The molecule has 0 fully saturated rings. The molecule has 0 amide bonds. The van der Waals surface area contributed by atoms with Gasteiger partial charge in [0.05, 0.1) is 11.2 Å². The van der Waals surface area contributed by atoms with Crippen molar-refractivity contribution in [1.82, 2.24) is 19.6 Å². The first-order valence-electron chi connectivity index (χ1n) is 10.6. The second-order valence-electron chi connectivity index (χ2n) is 8.29. The molecule has 158 valence electrons. The summed E-state index contributed by atoms with van der Waals surface area (Å²) < 4.78 is 16.3. The highest BCUT2D eigenvalue weighted by Gasteiger charge is 2.24. The molecule has 3 heterocycles. The highest BCUT2D eigenvalue weighted by molar-refractivity contribution is 5.96. The van der Waals surface area contributed by atoms with Crippen LogP contribution in [0.3, 0.4) is 0 Å². The summed E-state index contributed by atoms with van der Waals surface area (Å²) in [7, 11) is 0. The number of aromatic nitrogens is 4. The largest absolute Gasteiger partial charge is 0.396 e. The van der Waals surface area contributed by atoms with Crippen LogP contribution in [0.25, 0.3) is 27.8 Å². The maximum Gasteiger partial charge on any atom is 0.257 e. The Morgan fingerprint density at radius 2 is 1.81 bits per heavy atom. The summed E-state index contributed by atoms with van der Waals surface area (Å²) in [6.45, 7) is 2.87. The van der Waals surface area contributed by atoms with Gasteiger partial charge in [0.15, 0.2) is 0 Å². The highest BCUT2D eigenvalue weighted by Crippen LogP contribution is 2.39. The number of nitrogen functional groups attached to an aromatic ring is 1. The molecule has 0 spiro atoms. The molecule has 5 aromatic rings. The predicted molar refractivity (Wildman–Crippen MR) is 125 cm³/mol. The SMILES string of the molecule is Cc1ccc(-c2ccc3c(c2)N(c2nc4nncn4c4cc(N)c(F)cc24)CCC3)cc1. The Hall–Kier alpha value is -4.00. The molecule has 1 aliphatic rings. The number of hydrogen-bond donors (Lipinski definition) is 1. The molecule has 6 rings (SSSR count). The van der Waals surface area contributed by atoms with E-state index in [4.69, 9.17) is 10.7 Å². The molecule has 3 aromatic carbocycles. The van der Waals surface area contributed by atoms with Crippen LogP contribution in [0.1, 0.15) is 17.5 Å². The van der Waals surface area contributed by atoms with Gasteiger partial charge < -0.3 is 10.6 Å². The lowest BCUT2D eigenvalue weighted by Crippen LogP contribution is -2.26. The summed E-state index contributed by atoms with van der Waals surface area (Å²) in [5.74, 6) is 0.667. The van der Waals surface area contributed by atoms with Crippen molar-refractivity contribution in [3.05, 3.63) is 77.9 Å². The number of nitrogens with two attached hydrogens (primary N) is 1. The molecule has 0 saturated heterocycles. The van der Waals surface area contributed by atoms with Gasteiger partial charge in [0.25, 0.3) is 5.78 Å². The molecule has 2 aromatic heterocycles. The summed E-state index contributed by atoms with van der Waals surface area (Å²) in [4.78, 5) is 6.95. The highest BCUT2D eigenvalue weighted by atomic mass is 19.1. The Kier molecular flexibility index (Phi) is 4.11. The van der Waals surface area contributed by atoms with E-state index in [0.717, 1.165) is 41.7 Å². The summed E-state index contributed by atoms with van der Waals surface area (Å²) in [5, 5.41) is 8.82. The topological polar surface area (TPSA) is 72.3 Å². The number of anilines is 3. The Labute approximate surface area is 184 Å². The summed E-state index contributed by atoms with van der Waals surface area (Å²) in [6.07, 6.45) is 3.55. The maximum atomic E-state index is 14.5. The number of hydrogen-bond acceptors (Lipinski definition) is 5. The zero-order valence-electron chi connectivity index (χ0n) is 17.6. The Bertz CT molecular complexity index is 1490. The van der Waals surface area contributed by atoms with Gasteiger partial charge >= 0.3 is 0 Å². The minimum atomic E-state index is -0.460. The molecule has 32 heavy (non-hydrogen) atoms. The normalized spacial score (nSPS) is 13.6. The van der Waals surface area contributed by atoms with Crippen LogP contribution in [0.4, 0.5) is 21.6 Å². The average molecular weight is 424 g/mol. The van der Waals surface area contributed by atoms with E-state index in [9.17, 15) is 4.39 Å². The molecule has 0 aliphatic carbocycles. The average Bonchev–Trinajstić information content (AvgIpc) is 3.28. The van der Waals surface area contributed by atoms with E-state index in [-0.39, 0.29) is 5.69 Å². The number of rotatable bonds is 2. The quantitative estimate of drug-likeness (QED) is 0.401. The Morgan fingerprint density at radius 3 is 2.66 bits per heavy atom. The monoisotopic (exact) mass is 424 g/mol. The molecule has 0 atom stereocenters. The van der Waals surface area contributed by atoms with Crippen LogP contribution < -0.4 is 10.6 Å². The van der Waals surface area contributed by atoms with Crippen molar-refractivity contribution in [2.24, 2.45) is 0 Å². The smallest absolute Gasteiger partial charge is 0.257 e. The van der Waals surface area contributed by atoms with E-state index in [1.165, 1.54) is 17.2 Å². The number of halogens is 1. The maximum absolute atomic E-state index is 14.5. The summed E-state index contributed by atoms with van der Waals surface area (Å²) in [5.41, 5.74) is 12.6. The van der Waals surface area contributed by atoms with E-state index in [1.54, 1.807) is 16.8 Å². The second-order valence-corrected chi connectivity index (χ2v) is 8.29. The van der Waals surface area contributed by atoms with Crippen LogP contribution in [0.5, 0.6) is 0 Å². The van der Waals surface area contributed by atoms with E-state index in [1.807, 2.05) is 0 Å². The fourth-order valence-corrected chi connectivity index (χ4v) is 4.51. The zero-order valence-corrected chi connectivity index (χ0v) is 17.6. The first kappa shape index (κ1) is 18.7. The third-order valence-electron chi connectivity index (χ3n) is 6.20. The van der Waals surface area contributed by atoms with Crippen molar-refractivity contribution in [3.8, 4) is 11.1 Å². The van der Waals surface area contributed by atoms with Gasteiger partial charge in [0.1, 0.15) is 18.0 Å². The third kappa shape index (κ3) is 2.89. The molecule has 1 aliphatic heterocycles. The number of fused-ring (bicyclic) bond motifs is 4. The van der Waals surface area contributed by atoms with Crippen molar-refractivity contribution < 1.29 is 4.39 Å². The zero-order chi connectivity index (χ0) is 21.8. The Morgan fingerprint density at radius 1 is 1.00 bits per heavy atom. The lowest BCUT2D eigenvalue weighted by Gasteiger charge is -2.32. The molecule has 7 heteroatoms. The first-order chi connectivity index (χ1) is 15.6. The van der Waals surface area contributed by atoms with Crippen molar-refractivity contribution >= 4 is 33.9 Å². The lowest BCUT2D eigenvalue weighted by atomic mass is 9.96. The van der Waals surface area contributed by atoms with Crippen molar-refractivity contribution in [3.63, 3.8) is 0 Å². The van der Waals surface area contributed by atoms with Gasteiger partial charge in [0, 0.05) is 17.6 Å². The first-order valence-corrected chi connectivity index (χ1v) is 10.6. The molecular weight excluding hydrogens is 403 g/mol. The van der Waals surface area contributed by atoms with Gasteiger partial charge in [-0.2, -0.15) is 4.98 Å². The predicted octanol–water partition coefficient (Wildman–Crippen LogP) is 5.06. The minimum absolute atomic E-state index is 0.0883. The van der Waals surface area contributed by atoms with Crippen LogP contribution >= 0.6 is 0 Å². The fraction of sp³-hybridized carbons (Fsp3) is 0.160. The Balaban J connectivity index is 1.58. The van der Waals surface area contributed by atoms with Crippen LogP contribution in [0, 0.1) is 12.7 Å². The van der Waals surface area contributed by atoms with Gasteiger partial charge in [0.2, 0.25) is 0 Å². The molecule has 2 N–H and O–H groups in total. The van der Waals surface area contributed by atoms with Crippen LogP contribution in [-0.4, -0.2) is 26.1 Å². The summed E-state index contributed by atoms with van der Waals surface area (Å²) >= 11 is 0. The molecule has 0 radical (unpaired) electrons.